The van der Waals surface area contributed by atoms with E-state index in [9.17, 15) is 0 Å². The van der Waals surface area contributed by atoms with Crippen molar-refractivity contribution in [3.05, 3.63) is 34.9 Å². The van der Waals surface area contributed by atoms with Crippen LogP contribution in [0, 0.1) is 0 Å². The zero-order valence-corrected chi connectivity index (χ0v) is 16.3. The van der Waals surface area contributed by atoms with Crippen LogP contribution in [-0.4, -0.2) is 26.3 Å². The minimum atomic E-state index is 0.812. The van der Waals surface area contributed by atoms with Crippen molar-refractivity contribution in [2.75, 3.05) is 26.3 Å². The fourth-order valence-electron chi connectivity index (χ4n) is 2.81. The number of halogens is 1. The third kappa shape index (κ3) is 12.8. The molecule has 0 saturated heterocycles. The molecule has 0 spiro atoms. The third-order valence-corrected chi connectivity index (χ3v) is 4.53. The first-order chi connectivity index (χ1) is 11.8. The van der Waals surface area contributed by atoms with Crippen LogP contribution in [0.4, 0.5) is 0 Å². The van der Waals surface area contributed by atoms with E-state index in [-0.39, 0.29) is 0 Å². The molecule has 1 aromatic rings. The van der Waals surface area contributed by atoms with Gasteiger partial charge < -0.3 is 10.1 Å². The van der Waals surface area contributed by atoms with Gasteiger partial charge in [0.15, 0.2) is 0 Å². The van der Waals surface area contributed by atoms with E-state index in [1.54, 1.807) is 0 Å². The van der Waals surface area contributed by atoms with Gasteiger partial charge in [0.05, 0.1) is 6.61 Å². The average molecular weight is 354 g/mol. The Kier molecular flexibility index (Phi) is 14.3. The number of benzene rings is 1. The summed E-state index contributed by atoms with van der Waals surface area (Å²) in [6.07, 6.45) is 13.3. The Hall–Kier alpha value is -0.570. The fourth-order valence-corrected chi connectivity index (χ4v) is 3.02. The summed E-state index contributed by atoms with van der Waals surface area (Å²) in [6.45, 7) is 5.90. The standard InChI is InChI=1S/C21H36ClNO/c1-2-3-4-5-6-7-8-9-10-17-24-18-16-23-15-14-20-12-11-13-21(22)19-20/h11-13,19,23H,2-10,14-18H2,1H3. The monoisotopic (exact) mass is 353 g/mol. The molecule has 0 amide bonds. The van der Waals surface area contributed by atoms with Crippen molar-refractivity contribution < 1.29 is 4.74 Å². The van der Waals surface area contributed by atoms with Gasteiger partial charge in [-0.3, -0.25) is 0 Å². The first-order valence-electron chi connectivity index (χ1n) is 9.86. The maximum Gasteiger partial charge on any atom is 0.0590 e. The van der Waals surface area contributed by atoms with Gasteiger partial charge in [-0.25, -0.2) is 0 Å². The molecule has 138 valence electrons. The summed E-state index contributed by atoms with van der Waals surface area (Å²) in [7, 11) is 0. The van der Waals surface area contributed by atoms with Crippen LogP contribution in [0.15, 0.2) is 24.3 Å². The van der Waals surface area contributed by atoms with Crippen molar-refractivity contribution in [2.45, 2.75) is 71.1 Å². The highest BCUT2D eigenvalue weighted by Crippen LogP contribution is 2.11. The Bertz CT molecular complexity index is 397. The first kappa shape index (κ1) is 21.5. The Morgan fingerprint density at radius 3 is 2.29 bits per heavy atom. The van der Waals surface area contributed by atoms with Crippen molar-refractivity contribution >= 4 is 11.6 Å². The highest BCUT2D eigenvalue weighted by molar-refractivity contribution is 6.30. The molecule has 1 rings (SSSR count). The van der Waals surface area contributed by atoms with E-state index in [1.165, 1.54) is 63.4 Å². The number of hydrogen-bond acceptors (Lipinski definition) is 2. The van der Waals surface area contributed by atoms with Gasteiger partial charge in [-0.1, -0.05) is 82.0 Å². The van der Waals surface area contributed by atoms with E-state index < -0.39 is 0 Å². The lowest BCUT2D eigenvalue weighted by Gasteiger charge is -2.07. The summed E-state index contributed by atoms with van der Waals surface area (Å²) in [5.74, 6) is 0. The van der Waals surface area contributed by atoms with Crippen LogP contribution in [0.1, 0.15) is 70.3 Å². The molecule has 0 fully saturated rings. The molecule has 0 heterocycles. The van der Waals surface area contributed by atoms with E-state index in [4.69, 9.17) is 16.3 Å². The van der Waals surface area contributed by atoms with Gasteiger partial charge in [-0.15, -0.1) is 0 Å². The maximum atomic E-state index is 5.98. The predicted octanol–water partition coefficient (Wildman–Crippen LogP) is 6.02. The molecule has 0 aliphatic carbocycles. The number of rotatable bonds is 16. The smallest absolute Gasteiger partial charge is 0.0590 e. The lowest BCUT2D eigenvalue weighted by atomic mass is 10.1. The van der Waals surface area contributed by atoms with E-state index in [0.717, 1.165) is 37.7 Å². The van der Waals surface area contributed by atoms with E-state index in [2.05, 4.69) is 18.3 Å². The molecule has 1 N–H and O–H groups in total. The lowest BCUT2D eigenvalue weighted by molar-refractivity contribution is 0.131. The summed E-state index contributed by atoms with van der Waals surface area (Å²) in [5, 5.41) is 4.24. The quantitative estimate of drug-likeness (QED) is 0.367. The average Bonchev–Trinajstić information content (AvgIpc) is 2.58. The number of ether oxygens (including phenoxy) is 1. The van der Waals surface area contributed by atoms with E-state index >= 15 is 0 Å². The summed E-state index contributed by atoms with van der Waals surface area (Å²) < 4.78 is 5.68. The van der Waals surface area contributed by atoms with Gasteiger partial charge >= 0.3 is 0 Å². The van der Waals surface area contributed by atoms with Crippen LogP contribution >= 0.6 is 11.6 Å². The van der Waals surface area contributed by atoms with Crippen LogP contribution in [-0.2, 0) is 11.2 Å². The minimum Gasteiger partial charge on any atom is -0.380 e. The maximum absolute atomic E-state index is 5.98. The molecule has 0 aliphatic rings. The molecule has 0 saturated carbocycles. The molecule has 0 bridgehead atoms. The van der Waals surface area contributed by atoms with Crippen LogP contribution in [0.2, 0.25) is 5.02 Å². The van der Waals surface area contributed by atoms with Crippen LogP contribution < -0.4 is 5.32 Å². The summed E-state index contributed by atoms with van der Waals surface area (Å²) >= 11 is 5.98. The largest absolute Gasteiger partial charge is 0.380 e. The van der Waals surface area contributed by atoms with E-state index in [1.807, 2.05) is 18.2 Å². The molecule has 24 heavy (non-hydrogen) atoms. The second kappa shape index (κ2) is 15.9. The molecule has 0 unspecified atom stereocenters. The second-order valence-corrected chi connectivity index (χ2v) is 7.01. The van der Waals surface area contributed by atoms with Crippen molar-refractivity contribution in [1.29, 1.82) is 0 Å². The number of hydrogen-bond donors (Lipinski definition) is 1. The lowest BCUT2D eigenvalue weighted by Crippen LogP contribution is -2.22. The van der Waals surface area contributed by atoms with E-state index in [0.29, 0.717) is 0 Å². The zero-order chi connectivity index (χ0) is 17.3. The van der Waals surface area contributed by atoms with Crippen LogP contribution in [0.3, 0.4) is 0 Å². The molecule has 1 aromatic carbocycles. The Balaban J connectivity index is 1.76. The molecular weight excluding hydrogens is 318 g/mol. The SMILES string of the molecule is CCCCCCCCCCCOCCNCCc1cccc(Cl)c1. The summed E-state index contributed by atoms with van der Waals surface area (Å²) in [4.78, 5) is 0. The molecule has 0 atom stereocenters. The topological polar surface area (TPSA) is 21.3 Å². The van der Waals surface area contributed by atoms with Gasteiger partial charge in [0.25, 0.3) is 0 Å². The Morgan fingerprint density at radius 1 is 0.875 bits per heavy atom. The van der Waals surface area contributed by atoms with Gasteiger partial charge in [-0.05, 0) is 37.1 Å². The Morgan fingerprint density at radius 2 is 1.58 bits per heavy atom. The molecule has 2 nitrogen and oxygen atoms in total. The van der Waals surface area contributed by atoms with Crippen LogP contribution in [0.5, 0.6) is 0 Å². The normalized spacial score (nSPS) is 11.1. The van der Waals surface area contributed by atoms with Gasteiger partial charge in [0.2, 0.25) is 0 Å². The van der Waals surface area contributed by atoms with Crippen molar-refractivity contribution in [3.63, 3.8) is 0 Å². The van der Waals surface area contributed by atoms with Crippen molar-refractivity contribution in [3.8, 4) is 0 Å². The molecule has 3 heteroatoms. The fraction of sp³-hybridized carbons (Fsp3) is 0.714. The summed E-state index contributed by atoms with van der Waals surface area (Å²) in [6, 6.07) is 8.07. The van der Waals surface area contributed by atoms with Crippen molar-refractivity contribution in [1.82, 2.24) is 5.32 Å². The zero-order valence-electron chi connectivity index (χ0n) is 15.5. The number of nitrogens with one attached hydrogen (secondary N) is 1. The first-order valence-corrected chi connectivity index (χ1v) is 10.2. The van der Waals surface area contributed by atoms with Gasteiger partial charge in [0, 0.05) is 18.2 Å². The highest BCUT2D eigenvalue weighted by atomic mass is 35.5. The molecule has 0 aromatic heterocycles. The second-order valence-electron chi connectivity index (χ2n) is 6.57. The number of unbranched alkanes of at least 4 members (excludes halogenated alkanes) is 8. The van der Waals surface area contributed by atoms with Gasteiger partial charge in [-0.2, -0.15) is 0 Å². The molecule has 0 radical (unpaired) electrons. The highest BCUT2D eigenvalue weighted by Gasteiger charge is 1.95. The Labute approximate surface area is 154 Å². The summed E-state index contributed by atoms with van der Waals surface area (Å²) in [5.41, 5.74) is 1.28. The molecule has 0 aliphatic heterocycles. The van der Waals surface area contributed by atoms with Gasteiger partial charge in [0.1, 0.15) is 0 Å². The third-order valence-electron chi connectivity index (χ3n) is 4.29. The van der Waals surface area contributed by atoms with Crippen molar-refractivity contribution in [2.24, 2.45) is 0 Å². The van der Waals surface area contributed by atoms with Crippen LogP contribution in [0.25, 0.3) is 0 Å². The predicted molar refractivity (Wildman–Crippen MR) is 106 cm³/mol. The molecular formula is C21H36ClNO. The minimum absolute atomic E-state index is 0.812.